The van der Waals surface area contributed by atoms with E-state index >= 15 is 0 Å². The number of rotatable bonds is 32. The monoisotopic (exact) mass is 671 g/mol. The number of carboxylic acids is 2. The average molecular weight is 671 g/mol. The van der Waals surface area contributed by atoms with Crippen molar-refractivity contribution in [1.29, 1.82) is 0 Å². The molecule has 47 heavy (non-hydrogen) atoms. The van der Waals surface area contributed by atoms with Gasteiger partial charge in [-0.05, 0) is 25.7 Å². The molecule has 284 valence electrons. The number of carbonyl (C=O) groups is 2. The molecule has 0 fully saturated rings. The Balaban J connectivity index is -0.000000685. The highest BCUT2D eigenvalue weighted by Crippen LogP contribution is 2.14. The zero-order valence-electron chi connectivity index (χ0n) is 33.4. The number of hydrogen-bond donors (Lipinski definition) is 0. The van der Waals surface area contributed by atoms with Gasteiger partial charge in [0.1, 0.15) is 0 Å². The molecule has 6 heteroatoms. The fraction of sp³-hybridized carbons (Fsp3) is 0.951. The lowest BCUT2D eigenvalue weighted by Gasteiger charge is -2.23. The summed E-state index contributed by atoms with van der Waals surface area (Å²) in [6.45, 7) is 7.25. The number of carboxylic acid groups (broad SMARTS) is 2. The third-order valence-corrected chi connectivity index (χ3v) is 8.65. The van der Waals surface area contributed by atoms with Gasteiger partial charge < -0.3 is 28.8 Å². The molecule has 0 rings (SSSR count). The van der Waals surface area contributed by atoms with Crippen molar-refractivity contribution in [3.05, 3.63) is 0 Å². The van der Waals surface area contributed by atoms with Gasteiger partial charge in [-0.25, -0.2) is 0 Å². The number of unbranched alkanes of at least 4 members (excludes halogenated alkanes) is 26. The van der Waals surface area contributed by atoms with Crippen molar-refractivity contribution in [2.45, 2.75) is 200 Å². The maximum atomic E-state index is 9.28. The molecule has 0 unspecified atom stereocenters. The first-order valence-electron chi connectivity index (χ1n) is 20.3. The second-order valence-corrected chi connectivity index (χ2v) is 16.1. The van der Waals surface area contributed by atoms with Crippen LogP contribution in [0.5, 0.6) is 0 Å². The van der Waals surface area contributed by atoms with Crippen molar-refractivity contribution in [1.82, 2.24) is 0 Å². The maximum Gasteiger partial charge on any atom is 0.0780 e. The first kappa shape index (κ1) is 50.2. The van der Waals surface area contributed by atoms with Gasteiger partial charge in [0.05, 0.1) is 55.4 Å². The third kappa shape index (κ3) is 60.7. The molecule has 0 aliphatic carbocycles. The summed E-state index contributed by atoms with van der Waals surface area (Å²) in [5, 5.41) is 18.6. The molecule has 0 heterocycles. The molecule has 0 aromatic rings. The van der Waals surface area contributed by atoms with E-state index in [1.54, 1.807) is 0 Å². The van der Waals surface area contributed by atoms with Gasteiger partial charge in [-0.1, -0.05) is 168 Å². The Morgan fingerprint density at radius 3 is 0.638 bits per heavy atom. The summed E-state index contributed by atoms with van der Waals surface area (Å²) in [7, 11) is 13.8. The maximum absolute atomic E-state index is 9.28. The van der Waals surface area contributed by atoms with Gasteiger partial charge in [-0.15, -0.1) is 0 Å². The topological polar surface area (TPSA) is 80.3 Å². The quantitative estimate of drug-likeness (QED) is 0.0406. The first-order chi connectivity index (χ1) is 22.2. The molecule has 6 nitrogen and oxygen atoms in total. The lowest BCUT2D eigenvalue weighted by atomic mass is 10.0. The van der Waals surface area contributed by atoms with Crippen LogP contribution < -0.4 is 10.2 Å². The molecule has 0 spiro atoms. The molecule has 0 aliphatic heterocycles. The fourth-order valence-electron chi connectivity index (χ4n) is 5.68. The number of nitrogens with zero attached hydrogens (tertiary/aromatic N) is 2. The van der Waals surface area contributed by atoms with Crippen LogP contribution in [0, 0.1) is 0 Å². The van der Waals surface area contributed by atoms with E-state index in [4.69, 9.17) is 0 Å². The molecule has 0 radical (unpaired) electrons. The van der Waals surface area contributed by atoms with Crippen molar-refractivity contribution >= 4 is 11.9 Å². The lowest BCUT2D eigenvalue weighted by Crippen LogP contribution is -2.35. The SMILES string of the molecule is CCCCCCCCCCCCCCCC[N+](C)(C)C.CCCCCCCCCCCCCCCC[N+](C)(C)C.O=C([O-])CC(=O)[O-]. The van der Waals surface area contributed by atoms with E-state index in [0.717, 1.165) is 8.97 Å². The molecule has 0 atom stereocenters. The molecule has 0 aromatic carbocycles. The molecule has 0 bridgehead atoms. The zero-order valence-corrected chi connectivity index (χ0v) is 33.4. The van der Waals surface area contributed by atoms with Crippen LogP contribution in [0.1, 0.15) is 200 Å². The number of quaternary nitrogens is 2. The Morgan fingerprint density at radius 2 is 0.511 bits per heavy atom. The molecule has 0 saturated carbocycles. The van der Waals surface area contributed by atoms with Crippen LogP contribution in [-0.2, 0) is 9.59 Å². The van der Waals surface area contributed by atoms with Gasteiger partial charge in [-0.2, -0.15) is 0 Å². The molecule has 0 amide bonds. The highest BCUT2D eigenvalue weighted by molar-refractivity contribution is 5.86. The normalized spacial score (nSPS) is 11.4. The van der Waals surface area contributed by atoms with Gasteiger partial charge in [0, 0.05) is 18.4 Å². The molecule has 0 saturated heterocycles. The number of aliphatic carboxylic acids is 2. The smallest absolute Gasteiger partial charge is 0.0780 e. The van der Waals surface area contributed by atoms with E-state index in [-0.39, 0.29) is 0 Å². The van der Waals surface area contributed by atoms with E-state index in [2.05, 4.69) is 56.1 Å². The third-order valence-electron chi connectivity index (χ3n) is 8.65. The minimum atomic E-state index is -1.63. The predicted octanol–water partition coefficient (Wildman–Crippen LogP) is 9.22. The highest BCUT2D eigenvalue weighted by atomic mass is 16.4. The molecule has 0 aromatic heterocycles. The standard InChI is InChI=1S/2C19H42N.C3H4O4/c2*1-5-6-7-8-9-10-11-12-13-14-15-16-17-18-19-20(2,3)4;4-2(5)1-3(6)7/h2*5-19H2,1-4H3;1H2,(H,4,5)(H,6,7)/q2*+1;/p-2. The van der Waals surface area contributed by atoms with E-state index < -0.39 is 18.4 Å². The van der Waals surface area contributed by atoms with Crippen molar-refractivity contribution in [3.8, 4) is 0 Å². The predicted molar refractivity (Wildman–Crippen MR) is 201 cm³/mol. The van der Waals surface area contributed by atoms with Gasteiger partial charge in [0.25, 0.3) is 0 Å². The molecule has 0 N–H and O–H groups in total. The van der Waals surface area contributed by atoms with Crippen LogP contribution in [0.2, 0.25) is 0 Å². The van der Waals surface area contributed by atoms with Crippen LogP contribution in [0.25, 0.3) is 0 Å². The largest absolute Gasteiger partial charge is 0.550 e. The summed E-state index contributed by atoms with van der Waals surface area (Å²) in [6.07, 6.45) is 39.7. The summed E-state index contributed by atoms with van der Waals surface area (Å²) in [5.74, 6) is -3.25. The van der Waals surface area contributed by atoms with Crippen molar-refractivity contribution in [2.75, 3.05) is 55.4 Å². The Hall–Kier alpha value is -1.14. The van der Waals surface area contributed by atoms with Gasteiger partial charge in [0.2, 0.25) is 0 Å². The first-order valence-corrected chi connectivity index (χ1v) is 20.3. The average Bonchev–Trinajstić information content (AvgIpc) is 2.96. The highest BCUT2D eigenvalue weighted by Gasteiger charge is 2.06. The zero-order chi connectivity index (χ0) is 36.1. The van der Waals surface area contributed by atoms with Crippen molar-refractivity contribution in [2.24, 2.45) is 0 Å². The summed E-state index contributed by atoms with van der Waals surface area (Å²) in [4.78, 5) is 18.6. The van der Waals surface area contributed by atoms with Crippen LogP contribution >= 0.6 is 0 Å². The number of hydrogen-bond acceptors (Lipinski definition) is 4. The van der Waals surface area contributed by atoms with Crippen LogP contribution in [0.3, 0.4) is 0 Å². The van der Waals surface area contributed by atoms with Gasteiger partial charge in [0.15, 0.2) is 0 Å². The number of carbonyl (C=O) groups excluding carboxylic acids is 2. The van der Waals surface area contributed by atoms with Crippen molar-refractivity contribution in [3.63, 3.8) is 0 Å². The molecule has 0 aliphatic rings. The van der Waals surface area contributed by atoms with Crippen LogP contribution in [-0.4, -0.2) is 76.3 Å². The minimum Gasteiger partial charge on any atom is -0.550 e. The summed E-state index contributed by atoms with van der Waals surface area (Å²) in [6, 6.07) is 0. The Kier molecular flexibility index (Phi) is 40.3. The molecular weight excluding hydrogens is 584 g/mol. The fourth-order valence-corrected chi connectivity index (χ4v) is 5.68. The van der Waals surface area contributed by atoms with E-state index in [1.165, 1.54) is 193 Å². The Morgan fingerprint density at radius 1 is 0.340 bits per heavy atom. The van der Waals surface area contributed by atoms with Gasteiger partial charge >= 0.3 is 0 Å². The summed E-state index contributed by atoms with van der Waals surface area (Å²) in [5.41, 5.74) is 0. The Bertz CT molecular complexity index is 586. The minimum absolute atomic E-state index is 1.03. The van der Waals surface area contributed by atoms with E-state index in [9.17, 15) is 19.8 Å². The summed E-state index contributed by atoms with van der Waals surface area (Å²) < 4.78 is 2.25. The van der Waals surface area contributed by atoms with Crippen LogP contribution in [0.15, 0.2) is 0 Å². The lowest BCUT2D eigenvalue weighted by molar-refractivity contribution is -0.870. The van der Waals surface area contributed by atoms with E-state index in [0.29, 0.717) is 0 Å². The Labute approximate surface area is 295 Å². The molecular formula is C41H86N2O4. The second-order valence-electron chi connectivity index (χ2n) is 16.1. The van der Waals surface area contributed by atoms with Crippen LogP contribution in [0.4, 0.5) is 0 Å². The van der Waals surface area contributed by atoms with E-state index in [1.807, 2.05) is 0 Å². The van der Waals surface area contributed by atoms with Crippen molar-refractivity contribution < 1.29 is 28.8 Å². The van der Waals surface area contributed by atoms with Gasteiger partial charge in [-0.3, -0.25) is 0 Å². The summed E-state index contributed by atoms with van der Waals surface area (Å²) >= 11 is 0. The second kappa shape index (κ2) is 37.7.